The minimum atomic E-state index is -3.62. The van der Waals surface area contributed by atoms with Crippen LogP contribution in [0.1, 0.15) is 92.1 Å². The summed E-state index contributed by atoms with van der Waals surface area (Å²) in [5.74, 6) is 1.75. The summed E-state index contributed by atoms with van der Waals surface area (Å²) in [6.07, 6.45) is 8.03. The van der Waals surface area contributed by atoms with Gasteiger partial charge in [0, 0.05) is 42.9 Å². The molecule has 2 unspecified atom stereocenters. The fourth-order valence-electron chi connectivity index (χ4n) is 4.95. The Morgan fingerprint density at radius 3 is 2.16 bits per heavy atom. The number of carbonyl (C=O) groups is 2. The summed E-state index contributed by atoms with van der Waals surface area (Å²) in [5, 5.41) is 15.9. The topological polar surface area (TPSA) is 119 Å². The summed E-state index contributed by atoms with van der Waals surface area (Å²) in [6, 6.07) is 13.4. The molecule has 3 N–H and O–H groups in total. The molecule has 0 aliphatic rings. The maximum absolute atomic E-state index is 13.7. The fraction of sp³-hybridized carbons (Fsp3) is 0.529. The Morgan fingerprint density at radius 2 is 1.59 bits per heavy atom. The van der Waals surface area contributed by atoms with E-state index in [9.17, 15) is 23.1 Å². The standard InChI is InChI=1S/C34H50N4O5S/c1-7-11-19-38(36-44(42,43)25-26(5)6)24-32(39)31(22-28-15-13-12-14-16-28)35-33(40)29-20-27(10-4)21-30(23-29)34(41)37(17-8-2)18-9-3/h4,12-16,20-21,23,26,31-32,36,39H,7-9,11,17-19,22,24-25H2,1-3,5-6H3,(H,35,40). The Bertz CT molecular complexity index is 1340. The quantitative estimate of drug-likeness (QED) is 0.159. The first-order valence-corrected chi connectivity index (χ1v) is 17.3. The molecule has 0 heterocycles. The predicted octanol–water partition coefficient (Wildman–Crippen LogP) is 4.22. The number of aliphatic hydroxyl groups is 1. The van der Waals surface area contributed by atoms with E-state index < -0.39 is 28.1 Å². The normalized spacial score (nSPS) is 13.0. The van der Waals surface area contributed by atoms with Gasteiger partial charge in [0.05, 0.1) is 17.9 Å². The largest absolute Gasteiger partial charge is 0.390 e. The van der Waals surface area contributed by atoms with Crippen molar-refractivity contribution in [2.24, 2.45) is 5.92 Å². The van der Waals surface area contributed by atoms with Crippen molar-refractivity contribution in [1.82, 2.24) is 20.1 Å². The molecule has 0 bridgehead atoms. The van der Waals surface area contributed by atoms with E-state index in [1.54, 1.807) is 17.0 Å². The summed E-state index contributed by atoms with van der Waals surface area (Å²) in [5.41, 5.74) is 1.83. The van der Waals surface area contributed by atoms with Gasteiger partial charge < -0.3 is 15.3 Å². The van der Waals surface area contributed by atoms with E-state index in [4.69, 9.17) is 6.42 Å². The number of amides is 2. The zero-order chi connectivity index (χ0) is 32.7. The molecule has 0 fully saturated rings. The second-order valence-corrected chi connectivity index (χ2v) is 13.4. The maximum Gasteiger partial charge on any atom is 0.253 e. The van der Waals surface area contributed by atoms with Gasteiger partial charge in [-0.1, -0.05) is 77.3 Å². The number of rotatable bonds is 19. The number of hydrogen-bond acceptors (Lipinski definition) is 6. The molecule has 0 aliphatic heterocycles. The molecule has 0 aliphatic carbocycles. The van der Waals surface area contributed by atoms with Gasteiger partial charge in [0.1, 0.15) is 0 Å². The summed E-state index contributed by atoms with van der Waals surface area (Å²) < 4.78 is 25.5. The first-order valence-electron chi connectivity index (χ1n) is 15.6. The molecule has 2 rings (SSSR count). The second kappa shape index (κ2) is 18.5. The number of hydrazine groups is 1. The summed E-state index contributed by atoms with van der Waals surface area (Å²) >= 11 is 0. The number of sulfonamides is 1. The van der Waals surface area contributed by atoms with Gasteiger partial charge in [-0.25, -0.2) is 13.4 Å². The SMILES string of the molecule is C#Cc1cc(C(=O)NC(Cc2ccccc2)C(O)CN(CCCC)NS(=O)(=O)CC(C)C)cc(C(=O)N(CCC)CCC)c1. The van der Waals surface area contributed by atoms with Crippen LogP contribution in [-0.4, -0.2) is 79.3 Å². The second-order valence-electron chi connectivity index (χ2n) is 11.6. The van der Waals surface area contributed by atoms with E-state index in [-0.39, 0.29) is 29.7 Å². The van der Waals surface area contributed by atoms with Gasteiger partial charge in [0.25, 0.3) is 11.8 Å². The summed E-state index contributed by atoms with van der Waals surface area (Å²) in [7, 11) is -3.62. The van der Waals surface area contributed by atoms with Crippen LogP contribution in [0.5, 0.6) is 0 Å². The van der Waals surface area contributed by atoms with Crippen LogP contribution in [0.15, 0.2) is 48.5 Å². The third-order valence-electron chi connectivity index (χ3n) is 6.97. The first-order chi connectivity index (χ1) is 20.9. The number of unbranched alkanes of at least 4 members (excludes halogenated alkanes) is 1. The van der Waals surface area contributed by atoms with Crippen molar-refractivity contribution >= 4 is 21.8 Å². The third-order valence-corrected chi connectivity index (χ3v) is 8.61. The predicted molar refractivity (Wildman–Crippen MR) is 177 cm³/mol. The molecule has 242 valence electrons. The molecule has 0 aromatic heterocycles. The lowest BCUT2D eigenvalue weighted by Gasteiger charge is -2.30. The molecule has 0 spiro atoms. The van der Waals surface area contributed by atoms with Crippen molar-refractivity contribution in [3.63, 3.8) is 0 Å². The van der Waals surface area contributed by atoms with Gasteiger partial charge in [-0.3, -0.25) is 9.59 Å². The smallest absolute Gasteiger partial charge is 0.253 e. The van der Waals surface area contributed by atoms with Crippen molar-refractivity contribution in [3.05, 3.63) is 70.8 Å². The summed E-state index contributed by atoms with van der Waals surface area (Å²) in [6.45, 7) is 11.2. The minimum absolute atomic E-state index is 0.0355. The molecule has 0 saturated carbocycles. The van der Waals surface area contributed by atoms with Crippen molar-refractivity contribution in [3.8, 4) is 12.3 Å². The molecule has 0 radical (unpaired) electrons. The summed E-state index contributed by atoms with van der Waals surface area (Å²) in [4.78, 5) is 31.4. The van der Waals surface area contributed by atoms with Gasteiger partial charge in [0.2, 0.25) is 10.0 Å². The van der Waals surface area contributed by atoms with Crippen LogP contribution in [0, 0.1) is 18.3 Å². The molecular weight excluding hydrogens is 576 g/mol. The Morgan fingerprint density at radius 1 is 0.955 bits per heavy atom. The van der Waals surface area contributed by atoms with Gasteiger partial charge in [-0.15, -0.1) is 11.3 Å². The van der Waals surface area contributed by atoms with Crippen molar-refractivity contribution in [1.29, 1.82) is 0 Å². The van der Waals surface area contributed by atoms with Crippen LogP contribution in [0.2, 0.25) is 0 Å². The van der Waals surface area contributed by atoms with E-state index >= 15 is 0 Å². The van der Waals surface area contributed by atoms with E-state index in [2.05, 4.69) is 16.1 Å². The van der Waals surface area contributed by atoms with Gasteiger partial charge in [-0.05, 0) is 55.4 Å². The van der Waals surface area contributed by atoms with Crippen molar-refractivity contribution in [2.75, 3.05) is 31.9 Å². The Kier molecular flexibility index (Phi) is 15.6. The molecule has 2 aromatic rings. The molecule has 0 saturated heterocycles. The lowest BCUT2D eigenvalue weighted by molar-refractivity contribution is 0.0614. The van der Waals surface area contributed by atoms with Crippen LogP contribution >= 0.6 is 0 Å². The number of carbonyl (C=O) groups excluding carboxylic acids is 2. The van der Waals surface area contributed by atoms with E-state index in [1.807, 2.05) is 65.0 Å². The van der Waals surface area contributed by atoms with Crippen LogP contribution in [0.3, 0.4) is 0 Å². The highest BCUT2D eigenvalue weighted by molar-refractivity contribution is 7.89. The van der Waals surface area contributed by atoms with Crippen molar-refractivity contribution < 1.29 is 23.1 Å². The number of aliphatic hydroxyl groups excluding tert-OH is 1. The number of benzene rings is 2. The van der Waals surface area contributed by atoms with E-state index in [1.165, 1.54) is 11.1 Å². The number of terminal acetylenes is 1. The molecular formula is C34H50N4O5S. The molecule has 2 amide bonds. The zero-order valence-electron chi connectivity index (χ0n) is 26.9. The number of nitrogens with one attached hydrogen (secondary N) is 2. The molecule has 44 heavy (non-hydrogen) atoms. The number of nitrogens with zero attached hydrogens (tertiary/aromatic N) is 2. The average Bonchev–Trinajstić information content (AvgIpc) is 2.98. The molecule has 2 aromatic carbocycles. The van der Waals surface area contributed by atoms with Crippen LogP contribution in [-0.2, 0) is 16.4 Å². The highest BCUT2D eigenvalue weighted by atomic mass is 32.2. The minimum Gasteiger partial charge on any atom is -0.390 e. The van der Waals surface area contributed by atoms with Crippen molar-refractivity contribution in [2.45, 2.75) is 78.9 Å². The van der Waals surface area contributed by atoms with E-state index in [0.29, 0.717) is 37.2 Å². The highest BCUT2D eigenvalue weighted by Gasteiger charge is 2.27. The first kappa shape index (κ1) is 37.0. The van der Waals surface area contributed by atoms with Gasteiger partial charge in [0.15, 0.2) is 0 Å². The molecule has 9 nitrogen and oxygen atoms in total. The maximum atomic E-state index is 13.7. The third kappa shape index (κ3) is 12.4. The molecule has 10 heteroatoms. The Labute approximate surface area is 264 Å². The van der Waals surface area contributed by atoms with Gasteiger partial charge >= 0.3 is 0 Å². The molecule has 2 atom stereocenters. The van der Waals surface area contributed by atoms with Crippen LogP contribution < -0.4 is 10.1 Å². The lowest BCUT2D eigenvalue weighted by Crippen LogP contribution is -2.53. The van der Waals surface area contributed by atoms with Gasteiger partial charge in [-0.2, -0.15) is 0 Å². The Balaban J connectivity index is 2.39. The van der Waals surface area contributed by atoms with Crippen LogP contribution in [0.25, 0.3) is 0 Å². The monoisotopic (exact) mass is 626 g/mol. The zero-order valence-corrected chi connectivity index (χ0v) is 27.7. The fourth-order valence-corrected chi connectivity index (χ4v) is 6.47. The lowest BCUT2D eigenvalue weighted by atomic mass is 9.99. The van der Waals surface area contributed by atoms with Crippen LogP contribution in [0.4, 0.5) is 0 Å². The number of hydrogen-bond donors (Lipinski definition) is 3. The van der Waals surface area contributed by atoms with E-state index in [0.717, 1.165) is 31.2 Å². The average molecular weight is 627 g/mol. The highest BCUT2D eigenvalue weighted by Crippen LogP contribution is 2.16. The Hall–Kier alpha value is -3.23.